The summed E-state index contributed by atoms with van der Waals surface area (Å²) in [6.45, 7) is 0. The number of benzene rings is 2. The first-order valence-electron chi connectivity index (χ1n) is 6.44. The number of hydrogen-bond acceptors (Lipinski definition) is 4. The molecule has 0 saturated heterocycles. The van der Waals surface area contributed by atoms with Gasteiger partial charge in [-0.15, -0.1) is 0 Å². The Morgan fingerprint density at radius 3 is 2.48 bits per heavy atom. The fraction of sp³-hybridized carbons (Fsp3) is 0.133. The van der Waals surface area contributed by atoms with E-state index in [0.29, 0.717) is 23.6 Å². The standard InChI is InChI=1S/C15H13F2NO4S/c1-22-14-5-3-2-4-13(14)18-15(19)9-23(20,21)10-6-7-11(16)12(17)8-10/h2-8H,9H2,1H3,(H,18,19). The van der Waals surface area contributed by atoms with Gasteiger partial charge in [-0.2, -0.15) is 0 Å². The Balaban J connectivity index is 2.17. The molecule has 0 fully saturated rings. The summed E-state index contributed by atoms with van der Waals surface area (Å²) in [5, 5.41) is 2.40. The van der Waals surface area contributed by atoms with E-state index in [4.69, 9.17) is 4.74 Å². The first kappa shape index (κ1) is 16.9. The monoisotopic (exact) mass is 341 g/mol. The fourth-order valence-electron chi connectivity index (χ4n) is 1.86. The number of carbonyl (C=O) groups is 1. The maximum Gasteiger partial charge on any atom is 0.240 e. The lowest BCUT2D eigenvalue weighted by Crippen LogP contribution is -2.23. The molecule has 0 aliphatic rings. The van der Waals surface area contributed by atoms with E-state index in [-0.39, 0.29) is 0 Å². The van der Waals surface area contributed by atoms with Gasteiger partial charge >= 0.3 is 0 Å². The minimum atomic E-state index is -4.10. The predicted molar refractivity (Wildman–Crippen MR) is 80.0 cm³/mol. The SMILES string of the molecule is COc1ccccc1NC(=O)CS(=O)(=O)c1ccc(F)c(F)c1. The van der Waals surface area contributed by atoms with Gasteiger partial charge in [0.05, 0.1) is 17.7 Å². The van der Waals surface area contributed by atoms with Gasteiger partial charge in [-0.3, -0.25) is 4.79 Å². The quantitative estimate of drug-likeness (QED) is 0.848. The summed E-state index contributed by atoms with van der Waals surface area (Å²) in [5.41, 5.74) is 0.306. The highest BCUT2D eigenvalue weighted by molar-refractivity contribution is 7.92. The number of halogens is 2. The molecule has 0 aliphatic heterocycles. The number of sulfone groups is 1. The van der Waals surface area contributed by atoms with Crippen LogP contribution in [0.1, 0.15) is 0 Å². The van der Waals surface area contributed by atoms with Crippen LogP contribution in [0.5, 0.6) is 5.75 Å². The Morgan fingerprint density at radius 2 is 1.83 bits per heavy atom. The van der Waals surface area contributed by atoms with Crippen molar-refractivity contribution in [3.8, 4) is 5.75 Å². The van der Waals surface area contributed by atoms with E-state index in [1.54, 1.807) is 24.3 Å². The lowest BCUT2D eigenvalue weighted by molar-refractivity contribution is -0.113. The maximum absolute atomic E-state index is 13.1. The van der Waals surface area contributed by atoms with Crippen molar-refractivity contribution in [2.75, 3.05) is 18.2 Å². The zero-order chi connectivity index (χ0) is 17.0. The van der Waals surface area contributed by atoms with Gasteiger partial charge in [-0.05, 0) is 30.3 Å². The van der Waals surface area contributed by atoms with Crippen LogP contribution in [0.25, 0.3) is 0 Å². The molecule has 5 nitrogen and oxygen atoms in total. The van der Waals surface area contributed by atoms with Crippen molar-refractivity contribution in [1.29, 1.82) is 0 Å². The molecule has 0 atom stereocenters. The third-order valence-corrected chi connectivity index (χ3v) is 4.57. The molecule has 0 radical (unpaired) electrons. The molecule has 0 saturated carbocycles. The van der Waals surface area contributed by atoms with Crippen LogP contribution in [0, 0.1) is 11.6 Å². The zero-order valence-corrected chi connectivity index (χ0v) is 12.9. The van der Waals surface area contributed by atoms with Crippen LogP contribution in [0.4, 0.5) is 14.5 Å². The van der Waals surface area contributed by atoms with Crippen molar-refractivity contribution in [3.05, 3.63) is 54.1 Å². The molecule has 0 bridgehead atoms. The Morgan fingerprint density at radius 1 is 1.13 bits per heavy atom. The molecule has 1 N–H and O–H groups in total. The number of ether oxygens (including phenoxy) is 1. The van der Waals surface area contributed by atoms with Crippen molar-refractivity contribution in [1.82, 2.24) is 0 Å². The van der Waals surface area contributed by atoms with E-state index in [1.165, 1.54) is 7.11 Å². The summed E-state index contributed by atoms with van der Waals surface area (Å²) in [7, 11) is -2.69. The zero-order valence-electron chi connectivity index (χ0n) is 12.0. The smallest absolute Gasteiger partial charge is 0.240 e. The number of methoxy groups -OCH3 is 1. The molecule has 2 aromatic rings. The third kappa shape index (κ3) is 4.04. The topological polar surface area (TPSA) is 72.5 Å². The molecule has 0 aromatic heterocycles. The molecule has 23 heavy (non-hydrogen) atoms. The number of anilines is 1. The minimum Gasteiger partial charge on any atom is -0.495 e. The molecule has 2 aromatic carbocycles. The number of rotatable bonds is 5. The van der Waals surface area contributed by atoms with Crippen LogP contribution >= 0.6 is 0 Å². The van der Waals surface area contributed by atoms with Gasteiger partial charge in [-0.25, -0.2) is 17.2 Å². The number of para-hydroxylation sites is 2. The van der Waals surface area contributed by atoms with Crippen LogP contribution in [0.3, 0.4) is 0 Å². The van der Waals surface area contributed by atoms with Gasteiger partial charge in [0.15, 0.2) is 21.5 Å². The molecule has 2 rings (SSSR count). The summed E-state index contributed by atoms with van der Waals surface area (Å²) < 4.78 is 55.2. The second-order valence-electron chi connectivity index (χ2n) is 4.58. The summed E-state index contributed by atoms with van der Waals surface area (Å²) >= 11 is 0. The summed E-state index contributed by atoms with van der Waals surface area (Å²) in [6.07, 6.45) is 0. The summed E-state index contributed by atoms with van der Waals surface area (Å²) in [5.74, 6) is -3.82. The Labute approximate surface area is 131 Å². The van der Waals surface area contributed by atoms with Crippen molar-refractivity contribution < 1.29 is 26.7 Å². The molecule has 0 spiro atoms. The second-order valence-corrected chi connectivity index (χ2v) is 6.57. The van der Waals surface area contributed by atoms with E-state index >= 15 is 0 Å². The molecule has 0 unspecified atom stereocenters. The van der Waals surface area contributed by atoms with Gasteiger partial charge in [0.25, 0.3) is 0 Å². The van der Waals surface area contributed by atoms with Crippen molar-refractivity contribution in [2.24, 2.45) is 0 Å². The van der Waals surface area contributed by atoms with Gasteiger partial charge in [-0.1, -0.05) is 12.1 Å². The van der Waals surface area contributed by atoms with E-state index < -0.39 is 38.0 Å². The van der Waals surface area contributed by atoms with Gasteiger partial charge in [0.2, 0.25) is 5.91 Å². The highest BCUT2D eigenvalue weighted by Crippen LogP contribution is 2.23. The minimum absolute atomic E-state index is 0.306. The molecule has 1 amide bonds. The molecule has 0 aliphatic carbocycles. The first-order valence-corrected chi connectivity index (χ1v) is 8.09. The normalized spacial score (nSPS) is 11.1. The van der Waals surface area contributed by atoms with Crippen LogP contribution < -0.4 is 10.1 Å². The number of amides is 1. The number of carbonyl (C=O) groups excluding carboxylic acids is 1. The number of hydrogen-bond donors (Lipinski definition) is 1. The maximum atomic E-state index is 13.1. The van der Waals surface area contributed by atoms with Gasteiger partial charge in [0, 0.05) is 0 Å². The van der Waals surface area contributed by atoms with E-state index in [1.807, 2.05) is 0 Å². The van der Waals surface area contributed by atoms with Crippen LogP contribution in [-0.4, -0.2) is 27.2 Å². The summed E-state index contributed by atoms with van der Waals surface area (Å²) in [6, 6.07) is 8.61. The van der Waals surface area contributed by atoms with Gasteiger partial charge < -0.3 is 10.1 Å². The van der Waals surface area contributed by atoms with Crippen LogP contribution in [0.15, 0.2) is 47.4 Å². The predicted octanol–water partition coefficient (Wildman–Crippen LogP) is 2.39. The average Bonchev–Trinajstić information content (AvgIpc) is 2.49. The van der Waals surface area contributed by atoms with Crippen molar-refractivity contribution in [2.45, 2.75) is 4.90 Å². The number of nitrogens with one attached hydrogen (secondary N) is 1. The molecule has 122 valence electrons. The molecular weight excluding hydrogens is 328 g/mol. The summed E-state index contributed by atoms with van der Waals surface area (Å²) in [4.78, 5) is 11.4. The highest BCUT2D eigenvalue weighted by Gasteiger charge is 2.21. The Kier molecular flexibility index (Phi) is 4.95. The van der Waals surface area contributed by atoms with Crippen LogP contribution in [0.2, 0.25) is 0 Å². The lowest BCUT2D eigenvalue weighted by atomic mass is 10.3. The van der Waals surface area contributed by atoms with Crippen molar-refractivity contribution >= 4 is 21.4 Å². The largest absolute Gasteiger partial charge is 0.495 e. The van der Waals surface area contributed by atoms with Crippen molar-refractivity contribution in [3.63, 3.8) is 0 Å². The van der Waals surface area contributed by atoms with E-state index in [9.17, 15) is 22.0 Å². The van der Waals surface area contributed by atoms with Crippen LogP contribution in [-0.2, 0) is 14.6 Å². The molecule has 8 heteroatoms. The molecular formula is C15H13F2NO4S. The molecule has 0 heterocycles. The Hall–Kier alpha value is -2.48. The first-order chi connectivity index (χ1) is 10.8. The average molecular weight is 341 g/mol. The van der Waals surface area contributed by atoms with Gasteiger partial charge in [0.1, 0.15) is 11.5 Å². The second kappa shape index (κ2) is 6.74. The lowest BCUT2D eigenvalue weighted by Gasteiger charge is -2.10. The third-order valence-electron chi connectivity index (χ3n) is 2.95. The fourth-order valence-corrected chi connectivity index (χ4v) is 3.00. The highest BCUT2D eigenvalue weighted by atomic mass is 32.2. The van der Waals surface area contributed by atoms with E-state index in [0.717, 1.165) is 6.07 Å². The Bertz CT molecular complexity index is 837. The van der Waals surface area contributed by atoms with E-state index in [2.05, 4.69) is 5.32 Å².